The third-order valence-corrected chi connectivity index (χ3v) is 6.82. The molecular formula is C33H46F6N4O9. The Hall–Kier alpha value is -3.72. The first-order valence-electron chi connectivity index (χ1n) is 16.4. The lowest BCUT2D eigenvalue weighted by molar-refractivity contribution is -0.275. The highest BCUT2D eigenvalue weighted by Crippen LogP contribution is 2.24. The van der Waals surface area contributed by atoms with Gasteiger partial charge in [-0.25, -0.2) is 4.79 Å². The zero-order valence-corrected chi connectivity index (χ0v) is 28.4. The first-order chi connectivity index (χ1) is 24.8. The second-order valence-corrected chi connectivity index (χ2v) is 11.0. The molecule has 0 heterocycles. The van der Waals surface area contributed by atoms with E-state index in [2.05, 4.69) is 30.7 Å². The quantitative estimate of drug-likeness (QED) is 0.0452. The molecule has 2 rings (SSSR count). The molecule has 294 valence electrons. The first-order valence-corrected chi connectivity index (χ1v) is 16.4. The smallest absolute Gasteiger partial charge is 0.479 e. The highest BCUT2D eigenvalue weighted by molar-refractivity contribution is 5.72. The second kappa shape index (κ2) is 25.3. The summed E-state index contributed by atoms with van der Waals surface area (Å²) in [6.07, 6.45) is -10.1. The minimum absolute atomic E-state index is 0.0393. The molecule has 19 heteroatoms. The number of ether oxygens (including phenoxy) is 6. The van der Waals surface area contributed by atoms with Crippen LogP contribution in [-0.4, -0.2) is 128 Å². The van der Waals surface area contributed by atoms with E-state index in [-0.39, 0.29) is 24.9 Å². The summed E-state index contributed by atoms with van der Waals surface area (Å²) in [5, 5.41) is 21.5. The van der Waals surface area contributed by atoms with Gasteiger partial charge in [-0.3, -0.25) is 4.79 Å². The molecule has 0 bridgehead atoms. The number of nitrogens with one attached hydrogen (secondary N) is 4. The van der Waals surface area contributed by atoms with Crippen LogP contribution in [-0.2, 0) is 41.4 Å². The van der Waals surface area contributed by atoms with Gasteiger partial charge in [0.1, 0.15) is 11.5 Å². The standard InChI is InChI=1S/C33H46F6N4O9/c34-32(35,36)51-27-5-1-25(2-6-27)21-29(49-19-13-40-9-16-48-18-12-43-24-44)23-42-11-17-47-15-10-41-14-20-50-30(31(45)46)22-26-3-7-28(8-4-26)52-33(37,38)39/h1-8,24,29-30,40-42H,9-23H2,(H,43,44)(H,45,46). The van der Waals surface area contributed by atoms with Gasteiger partial charge < -0.3 is 54.8 Å². The van der Waals surface area contributed by atoms with E-state index >= 15 is 0 Å². The Bertz CT molecular complexity index is 1240. The van der Waals surface area contributed by atoms with Crippen LogP contribution in [0, 0.1) is 0 Å². The lowest BCUT2D eigenvalue weighted by Crippen LogP contribution is -2.35. The van der Waals surface area contributed by atoms with E-state index in [4.69, 9.17) is 18.9 Å². The molecule has 0 fully saturated rings. The van der Waals surface area contributed by atoms with Gasteiger partial charge in [-0.1, -0.05) is 24.3 Å². The van der Waals surface area contributed by atoms with Crippen molar-refractivity contribution < 1.29 is 69.5 Å². The monoisotopic (exact) mass is 756 g/mol. The fraction of sp³-hybridized carbons (Fsp3) is 0.576. The molecule has 0 saturated heterocycles. The highest BCUT2D eigenvalue weighted by Gasteiger charge is 2.31. The zero-order valence-electron chi connectivity index (χ0n) is 28.4. The highest BCUT2D eigenvalue weighted by atomic mass is 19.4. The third kappa shape index (κ3) is 23.0. The van der Waals surface area contributed by atoms with Gasteiger partial charge in [0, 0.05) is 52.2 Å². The van der Waals surface area contributed by atoms with Gasteiger partial charge in [0.15, 0.2) is 6.10 Å². The molecule has 0 saturated carbocycles. The van der Waals surface area contributed by atoms with E-state index in [1.54, 1.807) is 12.1 Å². The predicted octanol–water partition coefficient (Wildman–Crippen LogP) is 2.67. The van der Waals surface area contributed by atoms with Crippen LogP contribution in [0.15, 0.2) is 48.5 Å². The molecule has 5 N–H and O–H groups in total. The minimum Gasteiger partial charge on any atom is -0.479 e. The number of rotatable bonds is 30. The average molecular weight is 757 g/mol. The second-order valence-electron chi connectivity index (χ2n) is 11.0. The molecule has 0 aromatic heterocycles. The van der Waals surface area contributed by atoms with Crippen molar-refractivity contribution in [1.82, 2.24) is 21.3 Å². The topological polar surface area (TPSA) is 158 Å². The molecule has 0 aliphatic heterocycles. The van der Waals surface area contributed by atoms with Crippen LogP contribution in [0.5, 0.6) is 11.5 Å². The fourth-order valence-corrected chi connectivity index (χ4v) is 4.45. The molecule has 0 spiro atoms. The molecule has 2 aromatic carbocycles. The van der Waals surface area contributed by atoms with Crippen LogP contribution < -0.4 is 30.7 Å². The van der Waals surface area contributed by atoms with E-state index < -0.39 is 30.5 Å². The number of alkyl halides is 6. The van der Waals surface area contributed by atoms with Crippen LogP contribution in [0.2, 0.25) is 0 Å². The summed E-state index contributed by atoms with van der Waals surface area (Å²) in [5.41, 5.74) is 1.24. The number of carboxylic acid groups (broad SMARTS) is 1. The summed E-state index contributed by atoms with van der Waals surface area (Å²) >= 11 is 0. The summed E-state index contributed by atoms with van der Waals surface area (Å²) in [6, 6.07) is 10.5. The maximum atomic E-state index is 12.5. The number of carbonyl (C=O) groups excluding carboxylic acids is 1. The largest absolute Gasteiger partial charge is 0.573 e. The van der Waals surface area contributed by atoms with Gasteiger partial charge in [0.2, 0.25) is 6.41 Å². The van der Waals surface area contributed by atoms with Crippen LogP contribution in [0.1, 0.15) is 11.1 Å². The van der Waals surface area contributed by atoms with Crippen molar-refractivity contribution >= 4 is 12.4 Å². The summed E-state index contributed by atoms with van der Waals surface area (Å²) in [7, 11) is 0. The molecule has 0 aliphatic rings. The Labute approximate surface area is 297 Å². The third-order valence-electron chi connectivity index (χ3n) is 6.82. The number of halogens is 6. The first kappa shape index (κ1) is 44.4. The molecule has 2 unspecified atom stereocenters. The Morgan fingerprint density at radius 2 is 1.08 bits per heavy atom. The van der Waals surface area contributed by atoms with Crippen molar-refractivity contribution in [2.75, 3.05) is 85.5 Å². The van der Waals surface area contributed by atoms with E-state index in [9.17, 15) is 41.0 Å². The zero-order chi connectivity index (χ0) is 38.1. The van der Waals surface area contributed by atoms with Crippen molar-refractivity contribution in [2.24, 2.45) is 0 Å². The number of amides is 1. The fourth-order valence-electron chi connectivity index (χ4n) is 4.45. The Balaban J connectivity index is 1.63. The number of hydrogen-bond acceptors (Lipinski definition) is 11. The predicted molar refractivity (Wildman–Crippen MR) is 175 cm³/mol. The Kier molecular flexibility index (Phi) is 21.6. The molecule has 13 nitrogen and oxygen atoms in total. The lowest BCUT2D eigenvalue weighted by Gasteiger charge is -2.19. The van der Waals surface area contributed by atoms with E-state index in [0.29, 0.717) is 97.2 Å². The van der Waals surface area contributed by atoms with Gasteiger partial charge in [-0.15, -0.1) is 26.3 Å². The molecular weight excluding hydrogens is 710 g/mol. The van der Waals surface area contributed by atoms with Crippen LogP contribution >= 0.6 is 0 Å². The van der Waals surface area contributed by atoms with Crippen molar-refractivity contribution in [3.05, 3.63) is 59.7 Å². The number of aliphatic carboxylic acids is 1. The summed E-state index contributed by atoms with van der Waals surface area (Å²) in [6.45, 7) is 5.38. The summed E-state index contributed by atoms with van der Waals surface area (Å²) in [4.78, 5) is 21.8. The van der Waals surface area contributed by atoms with Crippen molar-refractivity contribution in [1.29, 1.82) is 0 Å². The number of benzene rings is 2. The number of carboxylic acids is 1. The van der Waals surface area contributed by atoms with Gasteiger partial charge >= 0.3 is 18.7 Å². The van der Waals surface area contributed by atoms with Crippen LogP contribution in [0.25, 0.3) is 0 Å². The lowest BCUT2D eigenvalue weighted by atomic mass is 10.1. The van der Waals surface area contributed by atoms with Gasteiger partial charge in [-0.05, 0) is 41.8 Å². The molecule has 52 heavy (non-hydrogen) atoms. The summed E-state index contributed by atoms with van der Waals surface area (Å²) < 4.78 is 105. The maximum Gasteiger partial charge on any atom is 0.573 e. The van der Waals surface area contributed by atoms with Crippen molar-refractivity contribution in [2.45, 2.75) is 37.8 Å². The van der Waals surface area contributed by atoms with E-state index in [1.807, 2.05) is 0 Å². The molecule has 2 atom stereocenters. The Morgan fingerprint density at radius 1 is 0.635 bits per heavy atom. The Morgan fingerprint density at radius 3 is 1.56 bits per heavy atom. The molecule has 0 aliphatic carbocycles. The van der Waals surface area contributed by atoms with Crippen LogP contribution in [0.4, 0.5) is 26.3 Å². The van der Waals surface area contributed by atoms with Crippen LogP contribution in [0.3, 0.4) is 0 Å². The van der Waals surface area contributed by atoms with E-state index in [0.717, 1.165) is 17.7 Å². The summed E-state index contributed by atoms with van der Waals surface area (Å²) in [5.74, 6) is -1.92. The van der Waals surface area contributed by atoms with Crippen molar-refractivity contribution in [3.63, 3.8) is 0 Å². The average Bonchev–Trinajstić information content (AvgIpc) is 3.07. The SMILES string of the molecule is O=CNCCOCCNCCOC(CNCCOCCNCCOC(Cc1ccc(OC(F)(F)F)cc1)C(=O)O)Cc1ccc(OC(F)(F)F)cc1. The van der Waals surface area contributed by atoms with Gasteiger partial charge in [-0.2, -0.15) is 0 Å². The molecule has 1 amide bonds. The van der Waals surface area contributed by atoms with Crippen molar-refractivity contribution in [3.8, 4) is 11.5 Å². The number of hydrogen-bond donors (Lipinski definition) is 5. The normalized spacial score (nSPS) is 13.0. The van der Waals surface area contributed by atoms with Gasteiger partial charge in [0.05, 0.1) is 45.7 Å². The molecule has 2 aromatic rings. The molecule has 0 radical (unpaired) electrons. The van der Waals surface area contributed by atoms with E-state index in [1.165, 1.54) is 24.3 Å². The maximum absolute atomic E-state index is 12.5. The minimum atomic E-state index is -4.82. The van der Waals surface area contributed by atoms with Gasteiger partial charge in [0.25, 0.3) is 0 Å². The number of carbonyl (C=O) groups is 2.